The molecule has 4 rings (SSSR count). The summed E-state index contributed by atoms with van der Waals surface area (Å²) in [5, 5.41) is 5.48. The molecule has 0 aliphatic carbocycles. The van der Waals surface area contributed by atoms with Gasteiger partial charge in [-0.15, -0.1) is 0 Å². The van der Waals surface area contributed by atoms with E-state index in [1.54, 1.807) is 16.4 Å². The van der Waals surface area contributed by atoms with Gasteiger partial charge in [-0.2, -0.15) is 4.31 Å². The lowest BCUT2D eigenvalue weighted by molar-refractivity contribution is -0.120. The molecule has 10 heteroatoms. The number of carbonyl (C=O) groups is 2. The fraction of sp³-hybridized carbons (Fsp3) is 0.417. The molecule has 2 aromatic carbocycles. The van der Waals surface area contributed by atoms with Gasteiger partial charge in [-0.05, 0) is 55.7 Å². The van der Waals surface area contributed by atoms with Crippen molar-refractivity contribution in [2.45, 2.75) is 43.7 Å². The number of nitrogens with zero attached hydrogens (tertiary/aromatic N) is 2. The summed E-state index contributed by atoms with van der Waals surface area (Å²) in [4.78, 5) is 25.8. The first kappa shape index (κ1) is 24.2. The van der Waals surface area contributed by atoms with Crippen molar-refractivity contribution < 1.29 is 22.7 Å². The number of ether oxygens (including phenoxy) is 1. The van der Waals surface area contributed by atoms with Gasteiger partial charge in [-0.3, -0.25) is 14.5 Å². The van der Waals surface area contributed by atoms with Gasteiger partial charge >= 0.3 is 0 Å². The van der Waals surface area contributed by atoms with E-state index in [4.69, 9.17) is 4.74 Å². The summed E-state index contributed by atoms with van der Waals surface area (Å²) in [6, 6.07) is 13.5. The molecule has 2 N–H and O–H groups in total. The maximum atomic E-state index is 13.4. The highest BCUT2D eigenvalue weighted by atomic mass is 32.2. The summed E-state index contributed by atoms with van der Waals surface area (Å²) >= 11 is 0. The number of rotatable bonds is 8. The molecule has 2 aliphatic rings. The molecule has 0 spiro atoms. The predicted molar refractivity (Wildman–Crippen MR) is 128 cm³/mol. The first-order valence-electron chi connectivity index (χ1n) is 11.3. The van der Waals surface area contributed by atoms with Crippen LogP contribution in [0, 0.1) is 6.92 Å². The van der Waals surface area contributed by atoms with Crippen molar-refractivity contribution in [1.82, 2.24) is 14.5 Å². The number of hydrogen-bond donors (Lipinski definition) is 2. The Balaban J connectivity index is 1.37. The van der Waals surface area contributed by atoms with Crippen LogP contribution in [0.15, 0.2) is 53.4 Å². The van der Waals surface area contributed by atoms with Crippen LogP contribution in [-0.2, 0) is 19.6 Å². The van der Waals surface area contributed by atoms with E-state index in [0.717, 1.165) is 24.1 Å². The molecule has 2 atom stereocenters. The van der Waals surface area contributed by atoms with Crippen molar-refractivity contribution in [1.29, 1.82) is 0 Å². The SMILES string of the molecule is CC(=O)NCOc1ccc(S(=O)(=O)N2C3CCC2CN(CC(=O)Nc2ccccc2C)C3)cc1. The van der Waals surface area contributed by atoms with Crippen LogP contribution in [0.4, 0.5) is 5.69 Å². The second kappa shape index (κ2) is 10.1. The average Bonchev–Trinajstić information content (AvgIpc) is 3.07. The van der Waals surface area contributed by atoms with Gasteiger partial charge in [0.15, 0.2) is 6.73 Å². The molecule has 9 nitrogen and oxygen atoms in total. The van der Waals surface area contributed by atoms with Gasteiger partial charge in [0, 0.05) is 37.8 Å². The van der Waals surface area contributed by atoms with Gasteiger partial charge in [0.05, 0.1) is 11.4 Å². The fourth-order valence-corrected chi connectivity index (χ4v) is 6.48. The van der Waals surface area contributed by atoms with Crippen LogP contribution < -0.4 is 15.4 Å². The van der Waals surface area contributed by atoms with Crippen LogP contribution in [0.25, 0.3) is 0 Å². The minimum atomic E-state index is -3.67. The zero-order chi connectivity index (χ0) is 24.3. The largest absolute Gasteiger partial charge is 0.473 e. The van der Waals surface area contributed by atoms with Gasteiger partial charge in [-0.1, -0.05) is 18.2 Å². The summed E-state index contributed by atoms with van der Waals surface area (Å²) in [7, 11) is -3.67. The van der Waals surface area contributed by atoms with E-state index < -0.39 is 10.0 Å². The normalized spacial score (nSPS) is 20.6. The van der Waals surface area contributed by atoms with Crippen LogP contribution in [0.3, 0.4) is 0 Å². The number of hydrogen-bond acceptors (Lipinski definition) is 6. The van der Waals surface area contributed by atoms with Crippen LogP contribution >= 0.6 is 0 Å². The third-order valence-corrected chi connectivity index (χ3v) is 8.26. The molecule has 2 fully saturated rings. The van der Waals surface area contributed by atoms with Gasteiger partial charge in [-0.25, -0.2) is 8.42 Å². The van der Waals surface area contributed by atoms with Crippen molar-refractivity contribution in [2.75, 3.05) is 31.7 Å². The smallest absolute Gasteiger partial charge is 0.243 e. The zero-order valence-electron chi connectivity index (χ0n) is 19.4. The standard InChI is InChI=1S/C24H30N4O5S/c1-17-5-3-4-6-23(17)26-24(30)15-27-13-19-7-8-20(14-27)28(19)34(31,32)22-11-9-21(10-12-22)33-16-25-18(2)29/h3-6,9-12,19-20H,7-8,13-16H2,1-2H3,(H,25,29)(H,26,30). The quantitative estimate of drug-likeness (QED) is 0.552. The van der Waals surface area contributed by atoms with Crippen molar-refractivity contribution >= 4 is 27.5 Å². The maximum absolute atomic E-state index is 13.4. The first-order valence-corrected chi connectivity index (χ1v) is 12.8. The molecule has 0 saturated carbocycles. The molecule has 182 valence electrons. The molecule has 2 unspecified atom stereocenters. The summed E-state index contributed by atoms with van der Waals surface area (Å²) in [5.41, 5.74) is 1.79. The Hall–Kier alpha value is -2.95. The van der Waals surface area contributed by atoms with Crippen molar-refractivity contribution in [2.24, 2.45) is 0 Å². The number of sulfonamides is 1. The molecule has 0 radical (unpaired) electrons. The highest BCUT2D eigenvalue weighted by molar-refractivity contribution is 7.89. The van der Waals surface area contributed by atoms with Gasteiger partial charge in [0.25, 0.3) is 0 Å². The number of amides is 2. The maximum Gasteiger partial charge on any atom is 0.243 e. The number of carbonyl (C=O) groups excluding carboxylic acids is 2. The number of anilines is 1. The highest BCUT2D eigenvalue weighted by Gasteiger charge is 2.46. The number of para-hydroxylation sites is 1. The average molecular weight is 487 g/mol. The number of aryl methyl sites for hydroxylation is 1. The van der Waals surface area contributed by atoms with Crippen LogP contribution in [-0.4, -0.2) is 67.9 Å². The second-order valence-electron chi connectivity index (χ2n) is 8.77. The molecular weight excluding hydrogens is 456 g/mol. The minimum Gasteiger partial charge on any atom is -0.473 e. The lowest BCUT2D eigenvalue weighted by atomic mass is 10.2. The molecule has 2 heterocycles. The Morgan fingerprint density at radius 1 is 1.03 bits per heavy atom. The van der Waals surface area contributed by atoms with E-state index in [1.807, 2.05) is 36.1 Å². The Morgan fingerprint density at radius 2 is 1.68 bits per heavy atom. The Labute approximate surface area is 200 Å². The number of piperazine rings is 1. The van der Waals surface area contributed by atoms with Crippen molar-refractivity contribution in [3.63, 3.8) is 0 Å². The molecule has 2 aromatic rings. The number of fused-ring (bicyclic) bond motifs is 2. The topological polar surface area (TPSA) is 108 Å². The predicted octanol–water partition coefficient (Wildman–Crippen LogP) is 1.94. The third-order valence-electron chi connectivity index (χ3n) is 6.24. The van der Waals surface area contributed by atoms with E-state index in [2.05, 4.69) is 10.6 Å². The zero-order valence-corrected chi connectivity index (χ0v) is 20.2. The van der Waals surface area contributed by atoms with E-state index in [9.17, 15) is 18.0 Å². The summed E-state index contributed by atoms with van der Waals surface area (Å²) < 4.78 is 33.8. The Kier molecular flexibility index (Phi) is 7.20. The molecule has 2 aliphatic heterocycles. The number of benzene rings is 2. The van der Waals surface area contributed by atoms with Crippen LogP contribution in [0.1, 0.15) is 25.3 Å². The number of nitrogens with one attached hydrogen (secondary N) is 2. The third kappa shape index (κ3) is 5.40. The first-order chi connectivity index (χ1) is 16.2. The van der Waals surface area contributed by atoms with E-state index in [-0.39, 0.29) is 42.1 Å². The van der Waals surface area contributed by atoms with E-state index in [0.29, 0.717) is 18.8 Å². The van der Waals surface area contributed by atoms with Crippen LogP contribution in [0.2, 0.25) is 0 Å². The molecule has 2 bridgehead atoms. The van der Waals surface area contributed by atoms with Gasteiger partial charge < -0.3 is 15.4 Å². The monoisotopic (exact) mass is 486 g/mol. The Bertz CT molecular complexity index is 1140. The molecule has 2 saturated heterocycles. The highest BCUT2D eigenvalue weighted by Crippen LogP contribution is 2.35. The van der Waals surface area contributed by atoms with E-state index >= 15 is 0 Å². The van der Waals surface area contributed by atoms with Crippen molar-refractivity contribution in [3.05, 3.63) is 54.1 Å². The Morgan fingerprint density at radius 3 is 2.29 bits per heavy atom. The molecular formula is C24H30N4O5S. The lowest BCUT2D eigenvalue weighted by Gasteiger charge is -2.39. The van der Waals surface area contributed by atoms with Crippen molar-refractivity contribution in [3.8, 4) is 5.75 Å². The van der Waals surface area contributed by atoms with Gasteiger partial charge in [0.1, 0.15) is 5.75 Å². The molecule has 2 amide bonds. The summed E-state index contributed by atoms with van der Waals surface area (Å²) in [6.07, 6.45) is 1.55. The van der Waals surface area contributed by atoms with Gasteiger partial charge in [0.2, 0.25) is 21.8 Å². The van der Waals surface area contributed by atoms with E-state index in [1.165, 1.54) is 19.1 Å². The summed E-state index contributed by atoms with van der Waals surface area (Å²) in [5.74, 6) is 0.168. The summed E-state index contributed by atoms with van der Waals surface area (Å²) in [6.45, 7) is 4.63. The lowest BCUT2D eigenvalue weighted by Crippen LogP contribution is -2.56. The fourth-order valence-electron chi connectivity index (χ4n) is 4.63. The minimum absolute atomic E-state index is 0.0188. The number of likely N-dealkylation sites (tertiary alicyclic amines) is 1. The molecule has 0 aromatic heterocycles. The second-order valence-corrected chi connectivity index (χ2v) is 10.6. The van der Waals surface area contributed by atoms with Crippen LogP contribution in [0.5, 0.6) is 5.75 Å². The molecule has 34 heavy (non-hydrogen) atoms.